The Morgan fingerprint density at radius 2 is 1.58 bits per heavy atom. The topological polar surface area (TPSA) is 175 Å². The van der Waals surface area contributed by atoms with Crippen LogP contribution in [0.2, 0.25) is 0 Å². The number of ketones is 1. The number of anilines is 1. The number of nitrogens with one attached hydrogen (secondary N) is 3. The van der Waals surface area contributed by atoms with E-state index < -0.39 is 24.5 Å². The van der Waals surface area contributed by atoms with E-state index in [1.807, 2.05) is 27.7 Å². The summed E-state index contributed by atoms with van der Waals surface area (Å²) in [6, 6.07) is 6.68. The van der Waals surface area contributed by atoms with Crippen molar-refractivity contribution < 1.29 is 38.1 Å². The number of alkyl carbamates (subject to hydrolysis) is 1. The summed E-state index contributed by atoms with van der Waals surface area (Å²) in [6.45, 7) is 25.3. The van der Waals surface area contributed by atoms with Crippen LogP contribution >= 0.6 is 0 Å². The van der Waals surface area contributed by atoms with E-state index in [4.69, 9.17) is 31.3 Å². The fraction of sp³-hybridized carbons (Fsp3) is 0.711. The zero-order valence-corrected chi connectivity index (χ0v) is 32.6. The van der Waals surface area contributed by atoms with Gasteiger partial charge in [-0.25, -0.2) is 16.2 Å². The van der Waals surface area contributed by atoms with Crippen molar-refractivity contribution in [3.8, 4) is 0 Å². The van der Waals surface area contributed by atoms with Crippen LogP contribution in [0.3, 0.4) is 0 Å². The highest BCUT2D eigenvalue weighted by Gasteiger charge is 2.29. The minimum absolute atomic E-state index is 0.0243. The van der Waals surface area contributed by atoms with Crippen LogP contribution in [-0.4, -0.2) is 92.8 Å². The zero-order chi connectivity index (χ0) is 39.1. The van der Waals surface area contributed by atoms with Crippen LogP contribution in [0.1, 0.15) is 93.1 Å². The van der Waals surface area contributed by atoms with Gasteiger partial charge in [-0.3, -0.25) is 14.5 Å². The van der Waals surface area contributed by atoms with Crippen LogP contribution in [0.15, 0.2) is 24.3 Å². The van der Waals surface area contributed by atoms with Crippen molar-refractivity contribution in [2.24, 2.45) is 23.5 Å². The number of nitrogens with zero attached hydrogens (tertiary/aromatic N) is 2. The van der Waals surface area contributed by atoms with Crippen molar-refractivity contribution in [2.45, 2.75) is 119 Å². The molecule has 1 rings (SSSR count). The van der Waals surface area contributed by atoms with E-state index in [9.17, 15) is 19.2 Å². The summed E-state index contributed by atoms with van der Waals surface area (Å²) < 4.78 is 23.4. The van der Waals surface area contributed by atoms with Gasteiger partial charge in [0.15, 0.2) is 0 Å². The molecule has 5 N–H and O–H groups in total. The van der Waals surface area contributed by atoms with Crippen LogP contribution in [0, 0.1) is 24.3 Å². The van der Waals surface area contributed by atoms with Crippen molar-refractivity contribution in [3.05, 3.63) is 41.2 Å². The van der Waals surface area contributed by atoms with Crippen molar-refractivity contribution in [1.82, 2.24) is 15.5 Å². The minimum atomic E-state index is -0.633. The molecule has 0 aromatic heterocycles. The number of rotatable bonds is 27. The molecule has 0 aliphatic carbocycles. The second kappa shape index (κ2) is 26.1. The van der Waals surface area contributed by atoms with Crippen LogP contribution in [0.4, 0.5) is 15.3 Å². The van der Waals surface area contributed by atoms with E-state index >= 15 is 0 Å². The number of benzene rings is 1. The van der Waals surface area contributed by atoms with Gasteiger partial charge in [0.25, 0.3) is 0 Å². The van der Waals surface area contributed by atoms with Gasteiger partial charge in [0, 0.05) is 55.7 Å². The highest BCUT2D eigenvalue weighted by atomic mass is 16.7. The molecule has 4 amide bonds. The van der Waals surface area contributed by atoms with Gasteiger partial charge in [0.2, 0.25) is 18.9 Å². The summed E-state index contributed by atoms with van der Waals surface area (Å²) in [5.41, 5.74) is 6.43. The summed E-state index contributed by atoms with van der Waals surface area (Å²) in [4.78, 5) is 54.7. The molecule has 1 aromatic carbocycles. The van der Waals surface area contributed by atoms with Gasteiger partial charge in [-0.05, 0) is 77.0 Å². The maximum atomic E-state index is 13.2. The molecular weight excluding hydrogens is 668 g/mol. The predicted octanol–water partition coefficient (Wildman–Crippen LogP) is 5.71. The van der Waals surface area contributed by atoms with Crippen molar-refractivity contribution >= 4 is 29.5 Å². The summed E-state index contributed by atoms with van der Waals surface area (Å²) in [6.07, 6.45) is 1.01. The molecule has 2 unspecified atom stereocenters. The van der Waals surface area contributed by atoms with Gasteiger partial charge >= 0.3 is 12.1 Å². The van der Waals surface area contributed by atoms with E-state index in [0.717, 1.165) is 12.0 Å². The van der Waals surface area contributed by atoms with E-state index in [1.54, 1.807) is 24.3 Å². The molecular formula is C38H64N6O8. The SMILES string of the molecule is [C-]#[N+]CCOC(OC(CC)COCCCNC(=O)OCc1ccc(NC(=O)[C@H](CCCNC(N)=O)CC(=O)[C@@H](C)C(C)C)cc1)N(C(C)C)C(C)C. The van der Waals surface area contributed by atoms with Crippen molar-refractivity contribution in [2.75, 3.05) is 44.8 Å². The monoisotopic (exact) mass is 732 g/mol. The number of carbonyl (C=O) groups is 4. The fourth-order valence-electron chi connectivity index (χ4n) is 5.29. The molecule has 0 saturated heterocycles. The van der Waals surface area contributed by atoms with Gasteiger partial charge < -0.3 is 45.5 Å². The Bertz CT molecular complexity index is 1230. The molecule has 1 aromatic rings. The van der Waals surface area contributed by atoms with Crippen molar-refractivity contribution in [3.63, 3.8) is 0 Å². The third-order valence-corrected chi connectivity index (χ3v) is 8.65. The lowest BCUT2D eigenvalue weighted by Crippen LogP contribution is -2.49. The number of amides is 4. The molecule has 14 nitrogen and oxygen atoms in total. The Balaban J connectivity index is 2.51. The van der Waals surface area contributed by atoms with E-state index in [2.05, 4.69) is 53.4 Å². The number of ether oxygens (including phenoxy) is 4. The standard InChI is InChI=1S/C38H64N6O8/c1-10-33(52-38(50-22-20-40-9)44(27(4)5)28(6)7)25-49-21-12-19-42-37(48)51-24-30-14-16-32(17-15-30)43-35(46)31(13-11-18-41-36(39)47)23-34(45)29(8)26(2)3/h14-17,26-29,31,33,38H,10-13,18-25H2,1-8H3,(H,42,48)(H,43,46)(H3,39,41,47)/t29-,31+,33?,38?/m0/s1. The maximum Gasteiger partial charge on any atom is 0.407 e. The number of hydrogen-bond acceptors (Lipinski definition) is 9. The van der Waals surface area contributed by atoms with Gasteiger partial charge in [-0.2, -0.15) is 0 Å². The first-order valence-corrected chi connectivity index (χ1v) is 18.5. The molecule has 4 atom stereocenters. The Morgan fingerprint density at radius 3 is 2.15 bits per heavy atom. The predicted molar refractivity (Wildman–Crippen MR) is 201 cm³/mol. The van der Waals surface area contributed by atoms with Gasteiger partial charge in [-0.15, -0.1) is 0 Å². The molecule has 0 saturated carbocycles. The molecule has 0 aliphatic heterocycles. The summed E-state index contributed by atoms with van der Waals surface area (Å²) >= 11 is 0. The summed E-state index contributed by atoms with van der Waals surface area (Å²) in [5.74, 6) is -0.812. The van der Waals surface area contributed by atoms with Crippen LogP contribution in [0.25, 0.3) is 4.85 Å². The molecule has 52 heavy (non-hydrogen) atoms. The third kappa shape index (κ3) is 19.2. The molecule has 0 aliphatic rings. The number of hydrogen-bond donors (Lipinski definition) is 4. The zero-order valence-electron chi connectivity index (χ0n) is 32.6. The first-order valence-electron chi connectivity index (χ1n) is 18.5. The summed E-state index contributed by atoms with van der Waals surface area (Å²) in [7, 11) is 0. The number of carbonyl (C=O) groups excluding carboxylic acids is 4. The number of nitrogens with two attached hydrogens (primary N) is 1. The number of primary amides is 1. The maximum absolute atomic E-state index is 13.2. The smallest absolute Gasteiger partial charge is 0.407 e. The molecule has 0 spiro atoms. The van der Waals surface area contributed by atoms with Crippen LogP contribution in [0.5, 0.6) is 0 Å². The average Bonchev–Trinajstić information content (AvgIpc) is 3.09. The van der Waals surface area contributed by atoms with Crippen LogP contribution < -0.4 is 21.7 Å². The minimum Gasteiger partial charge on any atom is -0.445 e. The molecule has 0 fully saturated rings. The highest BCUT2D eigenvalue weighted by Crippen LogP contribution is 2.22. The Kier molecular flexibility index (Phi) is 23.2. The Labute approximate surface area is 311 Å². The first kappa shape index (κ1) is 46.3. The van der Waals surface area contributed by atoms with Gasteiger partial charge in [0.05, 0.1) is 12.7 Å². The molecule has 294 valence electrons. The Morgan fingerprint density at radius 1 is 0.923 bits per heavy atom. The number of Topliss-reactive ketones (excluding diaryl/α,β-unsaturated/α-hetero) is 1. The molecule has 0 bridgehead atoms. The first-order chi connectivity index (χ1) is 24.7. The van der Waals surface area contributed by atoms with E-state index in [-0.39, 0.29) is 67.9 Å². The lowest BCUT2D eigenvalue weighted by Gasteiger charge is -2.38. The second-order valence-corrected chi connectivity index (χ2v) is 13.8. The number of urea groups is 1. The largest absolute Gasteiger partial charge is 0.445 e. The van der Waals surface area contributed by atoms with Gasteiger partial charge in [0.1, 0.15) is 19.0 Å². The lowest BCUT2D eigenvalue weighted by molar-refractivity contribution is -0.264. The second-order valence-electron chi connectivity index (χ2n) is 13.8. The lowest BCUT2D eigenvalue weighted by atomic mass is 9.86. The fourth-order valence-corrected chi connectivity index (χ4v) is 5.29. The van der Waals surface area contributed by atoms with Crippen molar-refractivity contribution in [1.29, 1.82) is 0 Å². The Hall–Kier alpha value is -3.77. The van der Waals surface area contributed by atoms with E-state index in [1.165, 1.54) is 0 Å². The van der Waals surface area contributed by atoms with Crippen LogP contribution in [-0.2, 0) is 35.1 Å². The average molecular weight is 733 g/mol. The third-order valence-electron chi connectivity index (χ3n) is 8.65. The molecule has 14 heteroatoms. The summed E-state index contributed by atoms with van der Waals surface area (Å²) in [5, 5.41) is 8.12. The van der Waals surface area contributed by atoms with E-state index in [0.29, 0.717) is 51.3 Å². The van der Waals surface area contributed by atoms with Gasteiger partial charge in [-0.1, -0.05) is 39.8 Å². The molecule has 0 heterocycles. The highest BCUT2D eigenvalue weighted by molar-refractivity contribution is 5.95. The normalized spacial score (nSPS) is 13.8. The molecule has 0 radical (unpaired) electrons. The quantitative estimate of drug-likeness (QED) is 0.0502.